The fourth-order valence-corrected chi connectivity index (χ4v) is 2.38. The molecule has 0 unspecified atom stereocenters. The lowest BCUT2D eigenvalue weighted by Gasteiger charge is -2.13. The molecule has 0 bridgehead atoms. The van der Waals surface area contributed by atoms with Gasteiger partial charge in [-0.3, -0.25) is 4.79 Å². The maximum absolute atomic E-state index is 13.3. The van der Waals surface area contributed by atoms with Gasteiger partial charge in [0.25, 0.3) is 0 Å². The number of halogens is 2. The predicted molar refractivity (Wildman–Crippen MR) is 82.1 cm³/mol. The van der Waals surface area contributed by atoms with Crippen molar-refractivity contribution in [3.8, 4) is 11.5 Å². The quantitative estimate of drug-likeness (QED) is 0.598. The molecule has 2 aromatic rings. The number of aldehydes is 1. The normalized spacial score (nSPS) is 10.2. The van der Waals surface area contributed by atoms with E-state index in [1.54, 1.807) is 19.1 Å². The van der Waals surface area contributed by atoms with Crippen molar-refractivity contribution < 1.29 is 23.5 Å². The first kappa shape index (κ1) is 16.2. The van der Waals surface area contributed by atoms with Gasteiger partial charge in [0.1, 0.15) is 17.3 Å². The number of rotatable bonds is 4. The molecular weight excluding hydrogens is 355 g/mol. The Bertz CT molecular complexity index is 743. The van der Waals surface area contributed by atoms with Crippen LogP contribution in [0.4, 0.5) is 4.39 Å². The monoisotopic (exact) mass is 366 g/mol. The van der Waals surface area contributed by atoms with Gasteiger partial charge in [0, 0.05) is 0 Å². The zero-order chi connectivity index (χ0) is 16.3. The molecule has 0 heterocycles. The Morgan fingerprint density at radius 3 is 2.59 bits per heavy atom. The van der Waals surface area contributed by atoms with E-state index in [4.69, 9.17) is 4.74 Å². The van der Waals surface area contributed by atoms with Crippen molar-refractivity contribution in [2.75, 3.05) is 7.11 Å². The molecule has 6 heteroatoms. The third kappa shape index (κ3) is 3.33. The molecule has 22 heavy (non-hydrogen) atoms. The molecule has 0 amide bonds. The van der Waals surface area contributed by atoms with Gasteiger partial charge < -0.3 is 9.47 Å². The van der Waals surface area contributed by atoms with Crippen molar-refractivity contribution in [2.24, 2.45) is 0 Å². The van der Waals surface area contributed by atoms with Crippen LogP contribution in [-0.2, 0) is 4.74 Å². The molecule has 0 saturated carbocycles. The maximum Gasteiger partial charge on any atom is 0.337 e. The van der Waals surface area contributed by atoms with E-state index < -0.39 is 11.8 Å². The summed E-state index contributed by atoms with van der Waals surface area (Å²) in [6.45, 7) is 1.64. The molecule has 114 valence electrons. The summed E-state index contributed by atoms with van der Waals surface area (Å²) in [7, 11) is 1.29. The number of carbonyl (C=O) groups is 2. The highest BCUT2D eigenvalue weighted by Crippen LogP contribution is 2.34. The molecule has 0 aliphatic rings. The SMILES string of the molecule is COC(=O)c1ccc(Oc2c(C)cc(F)cc2C=O)c(Br)c1. The van der Waals surface area contributed by atoms with Gasteiger partial charge in [-0.25, -0.2) is 9.18 Å². The molecule has 0 N–H and O–H groups in total. The topological polar surface area (TPSA) is 52.6 Å². The van der Waals surface area contributed by atoms with Crippen LogP contribution in [0.1, 0.15) is 26.3 Å². The summed E-state index contributed by atoms with van der Waals surface area (Å²) in [5.41, 5.74) is 0.959. The molecular formula is C16H12BrFO4. The van der Waals surface area contributed by atoms with Crippen LogP contribution in [0.15, 0.2) is 34.8 Å². The molecule has 0 atom stereocenters. The second-order valence-electron chi connectivity index (χ2n) is 4.50. The first-order chi connectivity index (χ1) is 10.5. The summed E-state index contributed by atoms with van der Waals surface area (Å²) in [6.07, 6.45) is 0.530. The van der Waals surface area contributed by atoms with Gasteiger partial charge >= 0.3 is 5.97 Å². The molecule has 2 rings (SSSR count). The highest BCUT2D eigenvalue weighted by atomic mass is 79.9. The average Bonchev–Trinajstić information content (AvgIpc) is 2.50. The van der Waals surface area contributed by atoms with Crippen LogP contribution in [-0.4, -0.2) is 19.4 Å². The van der Waals surface area contributed by atoms with Gasteiger partial charge in [0.05, 0.1) is 22.7 Å². The van der Waals surface area contributed by atoms with E-state index in [0.29, 0.717) is 27.6 Å². The number of hydrogen-bond donors (Lipinski definition) is 0. The van der Waals surface area contributed by atoms with Crippen LogP contribution in [0.5, 0.6) is 11.5 Å². The van der Waals surface area contributed by atoms with Crippen LogP contribution in [0.3, 0.4) is 0 Å². The number of carbonyl (C=O) groups excluding carboxylic acids is 2. The molecule has 0 fully saturated rings. The van der Waals surface area contributed by atoms with E-state index in [1.165, 1.54) is 19.2 Å². The Morgan fingerprint density at radius 1 is 1.27 bits per heavy atom. The largest absolute Gasteiger partial charge is 0.465 e. The third-order valence-electron chi connectivity index (χ3n) is 2.96. The number of esters is 1. The first-order valence-electron chi connectivity index (χ1n) is 6.27. The minimum Gasteiger partial charge on any atom is -0.465 e. The van der Waals surface area contributed by atoms with Crippen LogP contribution < -0.4 is 4.74 Å². The zero-order valence-electron chi connectivity index (χ0n) is 11.9. The van der Waals surface area contributed by atoms with Crippen molar-refractivity contribution in [3.05, 3.63) is 57.3 Å². The second kappa shape index (κ2) is 6.70. The van der Waals surface area contributed by atoms with E-state index in [-0.39, 0.29) is 11.3 Å². The van der Waals surface area contributed by atoms with E-state index in [2.05, 4.69) is 20.7 Å². The molecule has 0 radical (unpaired) electrons. The van der Waals surface area contributed by atoms with Crippen molar-refractivity contribution in [1.82, 2.24) is 0 Å². The van der Waals surface area contributed by atoms with Crippen LogP contribution >= 0.6 is 15.9 Å². The lowest BCUT2D eigenvalue weighted by molar-refractivity contribution is 0.0600. The summed E-state index contributed by atoms with van der Waals surface area (Å²) in [5.74, 6) is -0.320. The zero-order valence-corrected chi connectivity index (χ0v) is 13.4. The second-order valence-corrected chi connectivity index (χ2v) is 5.35. The minimum absolute atomic E-state index is 0.112. The molecule has 2 aromatic carbocycles. The number of hydrogen-bond acceptors (Lipinski definition) is 4. The molecule has 4 nitrogen and oxygen atoms in total. The summed E-state index contributed by atoms with van der Waals surface area (Å²) >= 11 is 3.29. The molecule has 0 aliphatic heterocycles. The summed E-state index contributed by atoms with van der Waals surface area (Å²) in [6, 6.07) is 7.02. The Labute approximate surface area is 135 Å². The maximum atomic E-state index is 13.3. The van der Waals surface area contributed by atoms with Gasteiger partial charge in [-0.1, -0.05) is 0 Å². The summed E-state index contributed by atoms with van der Waals surface area (Å²) in [4.78, 5) is 22.5. The van der Waals surface area contributed by atoms with Crippen molar-refractivity contribution in [1.29, 1.82) is 0 Å². The number of aryl methyl sites for hydroxylation is 1. The average molecular weight is 367 g/mol. The van der Waals surface area contributed by atoms with Gasteiger partial charge in [-0.15, -0.1) is 0 Å². The number of benzene rings is 2. The van der Waals surface area contributed by atoms with E-state index in [9.17, 15) is 14.0 Å². The Morgan fingerprint density at radius 2 is 2.00 bits per heavy atom. The van der Waals surface area contributed by atoms with Crippen molar-refractivity contribution in [3.63, 3.8) is 0 Å². The Balaban J connectivity index is 2.40. The first-order valence-corrected chi connectivity index (χ1v) is 7.06. The lowest BCUT2D eigenvalue weighted by atomic mass is 10.1. The van der Waals surface area contributed by atoms with Gasteiger partial charge in [0.15, 0.2) is 6.29 Å². The van der Waals surface area contributed by atoms with Gasteiger partial charge in [0.2, 0.25) is 0 Å². The van der Waals surface area contributed by atoms with E-state index in [0.717, 1.165) is 6.07 Å². The van der Waals surface area contributed by atoms with Crippen molar-refractivity contribution in [2.45, 2.75) is 6.92 Å². The Hall–Kier alpha value is -2.21. The highest BCUT2D eigenvalue weighted by molar-refractivity contribution is 9.10. The van der Waals surface area contributed by atoms with E-state index >= 15 is 0 Å². The Kier molecular flexibility index (Phi) is 4.92. The van der Waals surface area contributed by atoms with Crippen LogP contribution in [0.2, 0.25) is 0 Å². The minimum atomic E-state index is -0.507. The third-order valence-corrected chi connectivity index (χ3v) is 3.58. The number of methoxy groups -OCH3 is 1. The molecule has 0 aromatic heterocycles. The standard InChI is InChI=1S/C16H12BrFO4/c1-9-5-12(18)6-11(8-19)15(9)22-14-4-3-10(7-13(14)17)16(20)21-2/h3-8H,1-2H3. The van der Waals surface area contributed by atoms with Gasteiger partial charge in [-0.2, -0.15) is 0 Å². The summed E-state index contributed by atoms with van der Waals surface area (Å²) < 4.78 is 24.1. The fraction of sp³-hybridized carbons (Fsp3) is 0.125. The number of ether oxygens (including phenoxy) is 2. The van der Waals surface area contributed by atoms with E-state index in [1.807, 2.05) is 0 Å². The molecule has 0 saturated heterocycles. The lowest BCUT2D eigenvalue weighted by Crippen LogP contribution is -2.01. The summed E-state index contributed by atoms with van der Waals surface area (Å²) in [5, 5.41) is 0. The van der Waals surface area contributed by atoms with Crippen molar-refractivity contribution >= 4 is 28.2 Å². The van der Waals surface area contributed by atoms with Crippen LogP contribution in [0, 0.1) is 12.7 Å². The highest BCUT2D eigenvalue weighted by Gasteiger charge is 2.14. The van der Waals surface area contributed by atoms with Gasteiger partial charge in [-0.05, 0) is 58.7 Å². The smallest absolute Gasteiger partial charge is 0.337 e. The van der Waals surface area contributed by atoms with Crippen LogP contribution in [0.25, 0.3) is 0 Å². The molecule has 0 spiro atoms. The predicted octanol–water partition coefficient (Wildman–Crippen LogP) is 4.29. The molecule has 0 aliphatic carbocycles. The fourth-order valence-electron chi connectivity index (χ4n) is 1.92.